The number of fused-ring (bicyclic) bond motifs is 2. The molecule has 2 amide bonds. The predicted molar refractivity (Wildman–Crippen MR) is 75.1 cm³/mol. The summed E-state index contributed by atoms with van der Waals surface area (Å²) in [5, 5.41) is 0. The third kappa shape index (κ3) is 2.25. The first kappa shape index (κ1) is 13.7. The number of hydrogen-bond donors (Lipinski definition) is 0. The van der Waals surface area contributed by atoms with Gasteiger partial charge in [-0.2, -0.15) is 0 Å². The topological polar surface area (TPSA) is 46.6 Å². The van der Waals surface area contributed by atoms with Crippen LogP contribution in [0.5, 0.6) is 0 Å². The number of rotatable bonds is 0. The van der Waals surface area contributed by atoms with E-state index in [0.717, 1.165) is 19.3 Å². The molecular formula is C16H23NO3. The normalized spacial score (nSPS) is 29.6. The maximum Gasteiger partial charge on any atom is 0.417 e. The van der Waals surface area contributed by atoms with Crippen LogP contribution in [0.4, 0.5) is 4.79 Å². The molecule has 1 heterocycles. The molecule has 0 radical (unpaired) electrons. The number of ether oxygens (including phenoxy) is 1. The Bertz CT molecular complexity index is 486. The number of likely N-dealkylation sites (tertiary alicyclic amines) is 1. The highest BCUT2D eigenvalue weighted by Gasteiger charge is 2.50. The number of carbonyl (C=O) groups excluding carboxylic acids is 2. The van der Waals surface area contributed by atoms with Gasteiger partial charge in [0.25, 0.3) is 0 Å². The van der Waals surface area contributed by atoms with Crippen LogP contribution in [0.15, 0.2) is 11.1 Å². The summed E-state index contributed by atoms with van der Waals surface area (Å²) in [7, 11) is 0. The van der Waals surface area contributed by atoms with Crippen LogP contribution in [-0.4, -0.2) is 28.5 Å². The summed E-state index contributed by atoms with van der Waals surface area (Å²) in [5.74, 6) is 0.240. The van der Waals surface area contributed by atoms with Crippen molar-refractivity contribution >= 4 is 12.0 Å². The monoisotopic (exact) mass is 277 g/mol. The van der Waals surface area contributed by atoms with Gasteiger partial charge < -0.3 is 4.74 Å². The molecular weight excluding hydrogens is 254 g/mol. The second kappa shape index (κ2) is 4.61. The number of nitrogens with zero attached hydrogens (tertiary/aromatic N) is 1. The van der Waals surface area contributed by atoms with Crippen molar-refractivity contribution in [3.8, 4) is 0 Å². The van der Waals surface area contributed by atoms with Crippen LogP contribution in [0.2, 0.25) is 0 Å². The Morgan fingerprint density at radius 2 is 1.90 bits per heavy atom. The molecule has 110 valence electrons. The van der Waals surface area contributed by atoms with Crippen LogP contribution in [0.3, 0.4) is 0 Å². The Hall–Kier alpha value is -1.32. The van der Waals surface area contributed by atoms with Crippen molar-refractivity contribution < 1.29 is 14.3 Å². The van der Waals surface area contributed by atoms with Gasteiger partial charge in [-0.3, -0.25) is 4.79 Å². The minimum atomic E-state index is -0.558. The number of allylic oxidation sites excluding steroid dienone is 1. The van der Waals surface area contributed by atoms with E-state index in [0.29, 0.717) is 12.3 Å². The van der Waals surface area contributed by atoms with Crippen molar-refractivity contribution in [3.05, 3.63) is 11.1 Å². The largest absolute Gasteiger partial charge is 0.443 e. The lowest BCUT2D eigenvalue weighted by Crippen LogP contribution is -2.43. The van der Waals surface area contributed by atoms with Crippen LogP contribution in [0, 0.1) is 5.92 Å². The zero-order chi connectivity index (χ0) is 14.5. The standard InChI is InChI=1S/C16H23NO3/c1-16(2,3)20-15(19)17-13(18)9-11-8-10-6-4-5-7-12(10)14(11)17/h11,14H,4-9H2,1-3H3. The summed E-state index contributed by atoms with van der Waals surface area (Å²) in [6.07, 6.45) is 5.66. The summed E-state index contributed by atoms with van der Waals surface area (Å²) in [6.45, 7) is 5.51. The first-order chi connectivity index (χ1) is 9.37. The second-order valence-corrected chi connectivity index (χ2v) is 7.19. The fourth-order valence-corrected chi connectivity index (χ4v) is 3.85. The third-order valence-electron chi connectivity index (χ3n) is 4.51. The van der Waals surface area contributed by atoms with Gasteiger partial charge in [-0.1, -0.05) is 5.57 Å². The molecule has 2 atom stereocenters. The number of hydrogen-bond acceptors (Lipinski definition) is 3. The van der Waals surface area contributed by atoms with Gasteiger partial charge in [-0.05, 0) is 64.4 Å². The van der Waals surface area contributed by atoms with Crippen molar-refractivity contribution in [2.75, 3.05) is 0 Å². The molecule has 0 bridgehead atoms. The molecule has 1 aliphatic heterocycles. The maximum absolute atomic E-state index is 12.3. The summed E-state index contributed by atoms with van der Waals surface area (Å²) in [6, 6.07) is -0.00681. The highest BCUT2D eigenvalue weighted by molar-refractivity contribution is 5.95. The van der Waals surface area contributed by atoms with E-state index < -0.39 is 11.7 Å². The minimum Gasteiger partial charge on any atom is -0.443 e. The lowest BCUT2D eigenvalue weighted by molar-refractivity contribution is -0.127. The summed E-state index contributed by atoms with van der Waals surface area (Å²) < 4.78 is 5.42. The van der Waals surface area contributed by atoms with Gasteiger partial charge in [0.1, 0.15) is 5.60 Å². The first-order valence-electron chi connectivity index (χ1n) is 7.62. The molecule has 0 saturated carbocycles. The minimum absolute atomic E-state index is 0.00681. The zero-order valence-corrected chi connectivity index (χ0v) is 12.6. The predicted octanol–water partition coefficient (Wildman–Crippen LogP) is 3.41. The number of carbonyl (C=O) groups is 2. The van der Waals surface area contributed by atoms with Crippen LogP contribution < -0.4 is 0 Å². The summed E-state index contributed by atoms with van der Waals surface area (Å²) in [5.41, 5.74) is 2.31. The van der Waals surface area contributed by atoms with Crippen LogP contribution in [0.25, 0.3) is 0 Å². The van der Waals surface area contributed by atoms with E-state index >= 15 is 0 Å². The molecule has 0 N–H and O–H groups in total. The molecule has 2 unspecified atom stereocenters. The van der Waals surface area contributed by atoms with Crippen LogP contribution in [0.1, 0.15) is 59.3 Å². The zero-order valence-electron chi connectivity index (χ0n) is 12.6. The van der Waals surface area contributed by atoms with Crippen molar-refractivity contribution in [2.45, 2.75) is 70.9 Å². The van der Waals surface area contributed by atoms with Gasteiger partial charge in [-0.15, -0.1) is 0 Å². The molecule has 0 aromatic rings. The Labute approximate surface area is 120 Å². The fourth-order valence-electron chi connectivity index (χ4n) is 3.85. The Morgan fingerprint density at radius 3 is 2.60 bits per heavy atom. The first-order valence-corrected chi connectivity index (χ1v) is 7.62. The molecule has 1 saturated heterocycles. The van der Waals surface area contributed by atoms with Gasteiger partial charge in [0.2, 0.25) is 5.91 Å². The third-order valence-corrected chi connectivity index (χ3v) is 4.51. The van der Waals surface area contributed by atoms with E-state index in [1.54, 1.807) is 0 Å². The van der Waals surface area contributed by atoms with Gasteiger partial charge in [-0.25, -0.2) is 9.69 Å². The average molecular weight is 277 g/mol. The Balaban J connectivity index is 1.85. The molecule has 1 fully saturated rings. The highest BCUT2D eigenvalue weighted by Crippen LogP contribution is 2.47. The van der Waals surface area contributed by atoms with E-state index in [1.807, 2.05) is 20.8 Å². The molecule has 0 spiro atoms. The van der Waals surface area contributed by atoms with Crippen molar-refractivity contribution in [1.82, 2.24) is 4.90 Å². The highest BCUT2D eigenvalue weighted by atomic mass is 16.6. The van der Waals surface area contributed by atoms with Crippen LogP contribution >= 0.6 is 0 Å². The smallest absolute Gasteiger partial charge is 0.417 e. The molecule has 0 aromatic heterocycles. The van der Waals surface area contributed by atoms with E-state index in [9.17, 15) is 9.59 Å². The van der Waals surface area contributed by atoms with Crippen molar-refractivity contribution in [3.63, 3.8) is 0 Å². The quantitative estimate of drug-likeness (QED) is 0.637. The van der Waals surface area contributed by atoms with E-state index in [2.05, 4.69) is 0 Å². The van der Waals surface area contributed by atoms with Crippen LogP contribution in [-0.2, 0) is 9.53 Å². The Kier molecular flexibility index (Phi) is 3.14. The molecule has 2 aliphatic carbocycles. The second-order valence-electron chi connectivity index (χ2n) is 7.19. The van der Waals surface area contributed by atoms with E-state index in [1.165, 1.54) is 28.9 Å². The molecule has 4 heteroatoms. The van der Waals surface area contributed by atoms with E-state index in [-0.39, 0.29) is 11.9 Å². The number of amides is 2. The lowest BCUT2D eigenvalue weighted by atomic mass is 9.92. The number of imide groups is 1. The van der Waals surface area contributed by atoms with Gasteiger partial charge in [0, 0.05) is 6.42 Å². The van der Waals surface area contributed by atoms with Gasteiger partial charge in [0.05, 0.1) is 6.04 Å². The Morgan fingerprint density at radius 1 is 1.20 bits per heavy atom. The van der Waals surface area contributed by atoms with E-state index in [4.69, 9.17) is 4.74 Å². The van der Waals surface area contributed by atoms with Gasteiger partial charge >= 0.3 is 6.09 Å². The summed E-state index contributed by atoms with van der Waals surface area (Å²) in [4.78, 5) is 25.9. The molecule has 3 aliphatic rings. The SMILES string of the molecule is CC(C)(C)OC(=O)N1C(=O)CC2CC3=C(CCCC3)C21. The molecule has 0 aromatic carbocycles. The van der Waals surface area contributed by atoms with Gasteiger partial charge in [0.15, 0.2) is 0 Å². The average Bonchev–Trinajstić information content (AvgIpc) is 2.80. The lowest BCUT2D eigenvalue weighted by Gasteiger charge is -2.29. The van der Waals surface area contributed by atoms with Crippen molar-refractivity contribution in [2.24, 2.45) is 5.92 Å². The fraction of sp³-hybridized carbons (Fsp3) is 0.750. The van der Waals surface area contributed by atoms with Crippen molar-refractivity contribution in [1.29, 1.82) is 0 Å². The molecule has 3 rings (SSSR count). The maximum atomic E-state index is 12.3. The summed E-state index contributed by atoms with van der Waals surface area (Å²) >= 11 is 0. The molecule has 20 heavy (non-hydrogen) atoms. The molecule has 4 nitrogen and oxygen atoms in total.